The van der Waals surface area contributed by atoms with E-state index in [1.165, 1.54) is 0 Å². The molecule has 1 atom stereocenters. The van der Waals surface area contributed by atoms with Crippen molar-refractivity contribution in [3.8, 4) is 35.5 Å². The predicted molar refractivity (Wildman–Crippen MR) is 137 cm³/mol. The van der Waals surface area contributed by atoms with E-state index in [9.17, 15) is 0 Å². The van der Waals surface area contributed by atoms with Crippen molar-refractivity contribution in [1.29, 1.82) is 0 Å². The molecule has 0 spiro atoms. The number of aromatic nitrogens is 4. The Kier molecular flexibility index (Phi) is 6.30. The van der Waals surface area contributed by atoms with Crippen LogP contribution in [0.2, 0.25) is 0 Å². The minimum absolute atomic E-state index is 0.0221. The molecule has 0 saturated heterocycles. The molecule has 34 heavy (non-hydrogen) atoms. The Morgan fingerprint density at radius 1 is 1.18 bits per heavy atom. The van der Waals surface area contributed by atoms with Crippen LogP contribution in [-0.4, -0.2) is 45.7 Å². The van der Waals surface area contributed by atoms with Gasteiger partial charge < -0.3 is 18.4 Å². The van der Waals surface area contributed by atoms with Gasteiger partial charge in [-0.1, -0.05) is 18.1 Å². The van der Waals surface area contributed by atoms with E-state index in [-0.39, 0.29) is 29.2 Å². The summed E-state index contributed by atoms with van der Waals surface area (Å²) in [7, 11) is 0. The van der Waals surface area contributed by atoms with Crippen LogP contribution >= 0.6 is 23.0 Å². The molecule has 0 saturated carbocycles. The molecule has 0 amide bonds. The molecule has 10 heteroatoms. The monoisotopic (exact) mass is 570 g/mol. The summed E-state index contributed by atoms with van der Waals surface area (Å²) in [6.45, 7) is 3.99. The molecule has 1 aliphatic rings. The Bertz CT molecular complexity index is 1440. The normalized spacial score (nSPS) is 16.2. The van der Waals surface area contributed by atoms with E-state index in [1.807, 2.05) is 19.1 Å². The van der Waals surface area contributed by atoms with Crippen molar-refractivity contribution in [3.05, 3.63) is 42.0 Å². The Balaban J connectivity index is 1.85. The first-order valence-corrected chi connectivity index (χ1v) is 11.6. The third kappa shape index (κ3) is 4.05. The van der Waals surface area contributed by atoms with Crippen molar-refractivity contribution in [2.75, 3.05) is 25.0 Å². The third-order valence-electron chi connectivity index (χ3n) is 5.63. The maximum atomic E-state index is 16.2. The number of terminal acetylenes is 1. The lowest BCUT2D eigenvalue weighted by Crippen LogP contribution is -2.26. The van der Waals surface area contributed by atoms with Crippen LogP contribution in [0.15, 0.2) is 30.6 Å². The third-order valence-corrected chi connectivity index (χ3v) is 6.02. The highest BCUT2D eigenvalue weighted by Crippen LogP contribution is 2.39. The zero-order valence-electron chi connectivity index (χ0n) is 18.2. The highest BCUT2D eigenvalue weighted by molar-refractivity contribution is 14.1. The van der Waals surface area contributed by atoms with E-state index in [2.05, 4.69) is 36.5 Å². The minimum Gasteiger partial charge on any atom is -0.474 e. The largest absolute Gasteiger partial charge is 0.474 e. The fraction of sp³-hybridized carbons (Fsp3) is 0.250. The predicted octanol–water partition coefficient (Wildman–Crippen LogP) is 4.26. The number of rotatable bonds is 2. The van der Waals surface area contributed by atoms with Gasteiger partial charge in [0.1, 0.15) is 22.4 Å². The SMILES string of the molecule is C#Cc1cccc2cncc(-c3nc4c5c(nc(OI)nc5c3F)NCCNCC[C@H](C)O4)c12. The zero-order valence-corrected chi connectivity index (χ0v) is 20.4. The summed E-state index contributed by atoms with van der Waals surface area (Å²) >= 11 is 1.67. The molecular formula is C24H20FIN6O2. The number of ether oxygens (including phenoxy) is 1. The molecule has 172 valence electrons. The highest BCUT2D eigenvalue weighted by atomic mass is 127. The lowest BCUT2D eigenvalue weighted by Gasteiger charge is -2.18. The Morgan fingerprint density at radius 2 is 2.06 bits per heavy atom. The van der Waals surface area contributed by atoms with Crippen LogP contribution in [0.5, 0.6) is 11.9 Å². The number of nitrogens with one attached hydrogen (secondary N) is 2. The van der Waals surface area contributed by atoms with Crippen molar-refractivity contribution in [1.82, 2.24) is 25.3 Å². The van der Waals surface area contributed by atoms with Gasteiger partial charge in [0, 0.05) is 47.4 Å². The van der Waals surface area contributed by atoms with Gasteiger partial charge in [0.15, 0.2) is 28.8 Å². The fourth-order valence-electron chi connectivity index (χ4n) is 4.03. The minimum atomic E-state index is -0.635. The molecule has 0 fully saturated rings. The van der Waals surface area contributed by atoms with Crippen LogP contribution in [0.4, 0.5) is 10.2 Å². The second-order valence-corrected chi connectivity index (χ2v) is 8.30. The summed E-state index contributed by atoms with van der Waals surface area (Å²) in [5.41, 5.74) is 1.16. The first kappa shape index (κ1) is 22.5. The Labute approximate surface area is 209 Å². The van der Waals surface area contributed by atoms with Gasteiger partial charge in [-0.15, -0.1) is 6.42 Å². The number of hydrogen-bond acceptors (Lipinski definition) is 8. The van der Waals surface area contributed by atoms with Crippen molar-refractivity contribution in [3.63, 3.8) is 0 Å². The van der Waals surface area contributed by atoms with Gasteiger partial charge in [0.05, 0.1) is 6.10 Å². The number of pyridine rings is 2. The molecule has 1 aliphatic heterocycles. The molecule has 3 aromatic heterocycles. The van der Waals surface area contributed by atoms with Gasteiger partial charge in [-0.2, -0.15) is 9.97 Å². The van der Waals surface area contributed by atoms with Gasteiger partial charge in [-0.25, -0.2) is 9.37 Å². The quantitative estimate of drug-likeness (QED) is 0.273. The molecule has 8 nitrogen and oxygen atoms in total. The molecule has 0 bridgehead atoms. The number of nitrogens with zero attached hydrogens (tertiary/aromatic N) is 4. The zero-order chi connectivity index (χ0) is 23.7. The fourth-order valence-corrected chi connectivity index (χ4v) is 4.23. The van der Waals surface area contributed by atoms with E-state index in [0.717, 1.165) is 18.4 Å². The molecule has 2 N–H and O–H groups in total. The molecule has 4 aromatic rings. The standard InChI is InChI=1S/C24H20FIN6O2/c1-3-14-5-4-6-15-11-28-12-16(17(14)15)20-19(25)21-18-22(32-24(31-21)34-26)29-10-9-27-8-7-13(2)33-23(18)30-20/h1,4-6,11-13,27H,7-10H2,2H3,(H,29,31,32)/t13-/m0/s1. The molecular weight excluding hydrogens is 550 g/mol. The molecule has 0 radical (unpaired) electrons. The maximum Gasteiger partial charge on any atom is 0.328 e. The number of halogens is 2. The maximum absolute atomic E-state index is 16.2. The van der Waals surface area contributed by atoms with E-state index in [4.69, 9.17) is 14.2 Å². The number of hydrogen-bond donors (Lipinski definition) is 2. The van der Waals surface area contributed by atoms with E-state index >= 15 is 4.39 Å². The first-order chi connectivity index (χ1) is 16.6. The van der Waals surface area contributed by atoms with Crippen LogP contribution in [-0.2, 0) is 0 Å². The van der Waals surface area contributed by atoms with Gasteiger partial charge >= 0.3 is 6.01 Å². The van der Waals surface area contributed by atoms with Gasteiger partial charge in [0.25, 0.3) is 0 Å². The first-order valence-electron chi connectivity index (χ1n) is 10.8. The van der Waals surface area contributed by atoms with Gasteiger partial charge in [0.2, 0.25) is 5.88 Å². The van der Waals surface area contributed by atoms with Crippen LogP contribution in [0.1, 0.15) is 18.9 Å². The molecule has 0 unspecified atom stereocenters. The van der Waals surface area contributed by atoms with E-state index in [1.54, 1.807) is 41.5 Å². The van der Waals surface area contributed by atoms with Crippen LogP contribution in [0, 0.1) is 18.2 Å². The second-order valence-electron chi connectivity index (χ2n) is 7.86. The van der Waals surface area contributed by atoms with Crippen molar-refractivity contribution in [2.24, 2.45) is 0 Å². The van der Waals surface area contributed by atoms with Gasteiger partial charge in [-0.3, -0.25) is 4.98 Å². The Morgan fingerprint density at radius 3 is 2.88 bits per heavy atom. The Hall–Kier alpha value is -3.30. The van der Waals surface area contributed by atoms with Crippen molar-refractivity contribution >= 4 is 50.5 Å². The summed E-state index contributed by atoms with van der Waals surface area (Å²) in [4.78, 5) is 17.7. The van der Waals surface area contributed by atoms with Crippen molar-refractivity contribution < 1.29 is 12.2 Å². The summed E-state index contributed by atoms with van der Waals surface area (Å²) < 4.78 is 27.6. The lowest BCUT2D eigenvalue weighted by atomic mass is 9.99. The van der Waals surface area contributed by atoms with E-state index in [0.29, 0.717) is 40.8 Å². The average molecular weight is 570 g/mol. The highest BCUT2D eigenvalue weighted by Gasteiger charge is 2.25. The summed E-state index contributed by atoms with van der Waals surface area (Å²) in [6.07, 6.45) is 9.57. The topological polar surface area (TPSA) is 94.1 Å². The van der Waals surface area contributed by atoms with Crippen LogP contribution in [0.3, 0.4) is 0 Å². The average Bonchev–Trinajstić information content (AvgIpc) is 2.89. The summed E-state index contributed by atoms with van der Waals surface area (Å²) in [5, 5.41) is 8.39. The van der Waals surface area contributed by atoms with Crippen LogP contribution in [0.25, 0.3) is 32.9 Å². The number of benzene rings is 1. The molecule has 1 aromatic carbocycles. The number of fused-ring (bicyclic) bond motifs is 1. The van der Waals surface area contributed by atoms with E-state index < -0.39 is 5.82 Å². The van der Waals surface area contributed by atoms with Gasteiger partial charge in [-0.05, 0) is 26.0 Å². The molecule has 4 heterocycles. The smallest absolute Gasteiger partial charge is 0.328 e. The number of anilines is 1. The molecule has 0 aliphatic carbocycles. The lowest BCUT2D eigenvalue weighted by molar-refractivity contribution is 0.205. The van der Waals surface area contributed by atoms with Crippen LogP contribution < -0.4 is 18.4 Å². The molecule has 5 rings (SSSR count). The summed E-state index contributed by atoms with van der Waals surface area (Å²) in [5.74, 6) is 2.67. The second kappa shape index (κ2) is 9.52. The summed E-state index contributed by atoms with van der Waals surface area (Å²) in [6, 6.07) is 5.54. The van der Waals surface area contributed by atoms with Crippen molar-refractivity contribution in [2.45, 2.75) is 19.4 Å².